The zero-order valence-electron chi connectivity index (χ0n) is 6.37. The van der Waals surface area contributed by atoms with Crippen molar-refractivity contribution in [2.75, 3.05) is 6.54 Å². The molecule has 1 heterocycles. The molecule has 4 heteroatoms. The van der Waals surface area contributed by atoms with E-state index in [1.54, 1.807) is 6.20 Å². The van der Waals surface area contributed by atoms with Gasteiger partial charge in [0.15, 0.2) is 0 Å². The average molecular weight is 152 g/mol. The van der Waals surface area contributed by atoms with E-state index in [4.69, 9.17) is 0 Å². The number of amides is 1. The van der Waals surface area contributed by atoms with E-state index in [0.717, 1.165) is 0 Å². The van der Waals surface area contributed by atoms with E-state index >= 15 is 0 Å². The van der Waals surface area contributed by atoms with Gasteiger partial charge in [0, 0.05) is 18.8 Å². The van der Waals surface area contributed by atoms with Crippen molar-refractivity contribution in [3.63, 3.8) is 0 Å². The van der Waals surface area contributed by atoms with Gasteiger partial charge >= 0.3 is 0 Å². The molecule has 0 fully saturated rings. The predicted octanol–water partition coefficient (Wildman–Crippen LogP) is -0.181. The quantitative estimate of drug-likeness (QED) is 0.653. The molecule has 0 aliphatic heterocycles. The first-order chi connectivity index (χ1) is 5.33. The molecule has 0 aromatic carbocycles. The Kier molecular flexibility index (Phi) is 2.66. The van der Waals surface area contributed by atoms with Gasteiger partial charge in [0.25, 0.3) is 0 Å². The van der Waals surface area contributed by atoms with Crippen molar-refractivity contribution in [2.45, 2.75) is 13.5 Å². The molecule has 1 N–H and O–H groups in total. The predicted molar refractivity (Wildman–Crippen MR) is 39.7 cm³/mol. The van der Waals surface area contributed by atoms with Crippen molar-refractivity contribution < 1.29 is 4.79 Å². The van der Waals surface area contributed by atoms with Crippen LogP contribution in [0.4, 0.5) is 0 Å². The highest BCUT2D eigenvalue weighted by Gasteiger charge is 1.98. The summed E-state index contributed by atoms with van der Waals surface area (Å²) in [5, 5.41) is 6.51. The summed E-state index contributed by atoms with van der Waals surface area (Å²) in [6.07, 6.45) is 3.16. The van der Waals surface area contributed by atoms with Crippen LogP contribution in [0, 0.1) is 6.07 Å². The average Bonchev–Trinajstić information content (AvgIpc) is 2.40. The van der Waals surface area contributed by atoms with E-state index < -0.39 is 0 Å². The molecular formula is C7H10N3O. The fourth-order valence-electron chi connectivity index (χ4n) is 0.747. The normalized spacial score (nSPS) is 9.55. The second-order valence-corrected chi connectivity index (χ2v) is 2.09. The van der Waals surface area contributed by atoms with E-state index in [1.165, 1.54) is 10.9 Å². The first kappa shape index (κ1) is 7.78. The third kappa shape index (κ3) is 2.41. The molecule has 59 valence electrons. The highest BCUT2D eigenvalue weighted by molar-refractivity contribution is 5.75. The van der Waals surface area contributed by atoms with E-state index in [-0.39, 0.29) is 12.5 Å². The van der Waals surface area contributed by atoms with Crippen molar-refractivity contribution in [3.8, 4) is 0 Å². The van der Waals surface area contributed by atoms with Crippen molar-refractivity contribution in [2.24, 2.45) is 0 Å². The smallest absolute Gasteiger partial charge is 0.241 e. The van der Waals surface area contributed by atoms with Crippen molar-refractivity contribution >= 4 is 5.91 Å². The summed E-state index contributed by atoms with van der Waals surface area (Å²) < 4.78 is 1.53. The molecule has 0 saturated heterocycles. The number of hydrogen-bond donors (Lipinski definition) is 1. The minimum Gasteiger partial charge on any atom is -0.355 e. The van der Waals surface area contributed by atoms with Crippen molar-refractivity contribution in [1.29, 1.82) is 0 Å². The number of rotatable bonds is 3. The number of likely N-dealkylation sites (N-methyl/N-ethyl adjacent to an activating group) is 1. The summed E-state index contributed by atoms with van der Waals surface area (Å²) in [6, 6.07) is 2.75. The molecule has 1 aromatic heterocycles. The zero-order chi connectivity index (χ0) is 8.10. The Labute approximate surface area is 65.2 Å². The fraction of sp³-hybridized carbons (Fsp3) is 0.429. The Balaban J connectivity index is 2.37. The van der Waals surface area contributed by atoms with Gasteiger partial charge in [-0.3, -0.25) is 9.48 Å². The fourth-order valence-corrected chi connectivity index (χ4v) is 0.747. The van der Waals surface area contributed by atoms with E-state index in [0.29, 0.717) is 6.54 Å². The first-order valence-corrected chi connectivity index (χ1v) is 3.48. The molecule has 11 heavy (non-hydrogen) atoms. The third-order valence-electron chi connectivity index (χ3n) is 1.18. The topological polar surface area (TPSA) is 46.9 Å². The third-order valence-corrected chi connectivity index (χ3v) is 1.18. The van der Waals surface area contributed by atoms with Gasteiger partial charge < -0.3 is 5.32 Å². The van der Waals surface area contributed by atoms with Gasteiger partial charge in [-0.05, 0) is 6.92 Å². The molecular weight excluding hydrogens is 142 g/mol. The molecule has 0 spiro atoms. The van der Waals surface area contributed by atoms with Crippen LogP contribution in [0.15, 0.2) is 12.4 Å². The molecule has 0 aliphatic carbocycles. The van der Waals surface area contributed by atoms with Crippen LogP contribution in [0.5, 0.6) is 0 Å². The van der Waals surface area contributed by atoms with Gasteiger partial charge in [0.1, 0.15) is 6.54 Å². The Morgan fingerprint density at radius 1 is 1.82 bits per heavy atom. The molecule has 1 rings (SSSR count). The lowest BCUT2D eigenvalue weighted by molar-refractivity contribution is -0.121. The summed E-state index contributed by atoms with van der Waals surface area (Å²) in [4.78, 5) is 10.9. The largest absolute Gasteiger partial charge is 0.355 e. The highest BCUT2D eigenvalue weighted by atomic mass is 16.2. The lowest BCUT2D eigenvalue weighted by Gasteiger charge is -2.00. The van der Waals surface area contributed by atoms with Crippen LogP contribution in [-0.4, -0.2) is 22.2 Å². The van der Waals surface area contributed by atoms with E-state index in [2.05, 4.69) is 16.5 Å². The monoisotopic (exact) mass is 152 g/mol. The van der Waals surface area contributed by atoms with Gasteiger partial charge in [-0.1, -0.05) is 0 Å². The molecule has 1 radical (unpaired) electrons. The molecule has 0 aliphatic rings. The van der Waals surface area contributed by atoms with Crippen LogP contribution in [0.2, 0.25) is 0 Å². The summed E-state index contributed by atoms with van der Waals surface area (Å²) >= 11 is 0. The van der Waals surface area contributed by atoms with E-state index in [9.17, 15) is 4.79 Å². The maximum absolute atomic E-state index is 10.9. The SMILES string of the molecule is CCNC(=O)Cn1c[c]cn1. The van der Waals surface area contributed by atoms with Gasteiger partial charge in [-0.25, -0.2) is 0 Å². The summed E-state index contributed by atoms with van der Waals surface area (Å²) in [6.45, 7) is 2.81. The molecule has 1 aromatic rings. The van der Waals surface area contributed by atoms with Crippen LogP contribution in [0.1, 0.15) is 6.92 Å². The van der Waals surface area contributed by atoms with Crippen LogP contribution in [-0.2, 0) is 11.3 Å². The number of nitrogens with zero attached hydrogens (tertiary/aromatic N) is 2. The molecule has 0 atom stereocenters. The van der Waals surface area contributed by atoms with Gasteiger partial charge in [-0.15, -0.1) is 0 Å². The Morgan fingerprint density at radius 2 is 2.64 bits per heavy atom. The molecule has 0 saturated carbocycles. The van der Waals surface area contributed by atoms with Crippen molar-refractivity contribution in [1.82, 2.24) is 15.1 Å². The zero-order valence-corrected chi connectivity index (χ0v) is 6.37. The molecule has 0 unspecified atom stereocenters. The molecule has 4 nitrogen and oxygen atoms in total. The van der Waals surface area contributed by atoms with Gasteiger partial charge in [-0.2, -0.15) is 5.10 Å². The van der Waals surface area contributed by atoms with E-state index in [1.807, 2.05) is 6.92 Å². The van der Waals surface area contributed by atoms with Crippen molar-refractivity contribution in [3.05, 3.63) is 18.5 Å². The number of aromatic nitrogens is 2. The minimum absolute atomic E-state index is 0.0235. The van der Waals surface area contributed by atoms with Crippen LogP contribution in [0.25, 0.3) is 0 Å². The Bertz CT molecular complexity index is 218. The second-order valence-electron chi connectivity index (χ2n) is 2.09. The summed E-state index contributed by atoms with van der Waals surface area (Å²) in [7, 11) is 0. The number of nitrogens with one attached hydrogen (secondary N) is 1. The lowest BCUT2D eigenvalue weighted by Crippen LogP contribution is -2.27. The Morgan fingerprint density at radius 3 is 3.18 bits per heavy atom. The summed E-state index contributed by atoms with van der Waals surface area (Å²) in [5.41, 5.74) is 0. The van der Waals surface area contributed by atoms with Gasteiger partial charge in [0.2, 0.25) is 5.91 Å². The summed E-state index contributed by atoms with van der Waals surface area (Å²) in [5.74, 6) is -0.0235. The Hall–Kier alpha value is -1.32. The molecule has 1 amide bonds. The second kappa shape index (κ2) is 3.75. The standard InChI is InChI=1S/C7H10N3O/c1-2-8-7(11)6-10-5-3-4-9-10/h4-5H,2,6H2,1H3,(H,8,11). The number of hydrogen-bond acceptors (Lipinski definition) is 2. The maximum Gasteiger partial charge on any atom is 0.241 e. The van der Waals surface area contributed by atoms with Gasteiger partial charge in [0.05, 0.1) is 6.20 Å². The van der Waals surface area contributed by atoms with Crippen LogP contribution >= 0.6 is 0 Å². The lowest BCUT2D eigenvalue weighted by atomic mass is 10.5. The van der Waals surface area contributed by atoms with Crippen LogP contribution in [0.3, 0.4) is 0 Å². The van der Waals surface area contributed by atoms with Crippen LogP contribution < -0.4 is 5.32 Å². The molecule has 0 bridgehead atoms. The minimum atomic E-state index is -0.0235. The number of carbonyl (C=O) groups is 1. The maximum atomic E-state index is 10.9. The highest BCUT2D eigenvalue weighted by Crippen LogP contribution is 1.82. The number of carbonyl (C=O) groups excluding carboxylic acids is 1. The first-order valence-electron chi connectivity index (χ1n) is 3.48.